The number of esters is 1. The van der Waals surface area contributed by atoms with Gasteiger partial charge in [-0.05, 0) is 50.3 Å². The molecule has 1 aromatic carbocycles. The molecule has 0 saturated heterocycles. The van der Waals surface area contributed by atoms with Crippen molar-refractivity contribution in [2.75, 3.05) is 33.5 Å². The number of hydrogen-bond acceptors (Lipinski definition) is 6. The number of ether oxygens (including phenoxy) is 4. The van der Waals surface area contributed by atoms with Gasteiger partial charge in [-0.2, -0.15) is 0 Å². The normalized spacial score (nSPS) is 11.1. The molecule has 1 N–H and O–H groups in total. The minimum Gasteiger partial charge on any atom is -0.494 e. The van der Waals surface area contributed by atoms with E-state index in [-0.39, 0.29) is 12.6 Å². The van der Waals surface area contributed by atoms with Crippen LogP contribution in [-0.2, 0) is 20.9 Å². The third kappa shape index (κ3) is 21.0. The second-order valence-electron chi connectivity index (χ2n) is 11.0. The lowest BCUT2D eigenvalue weighted by Crippen LogP contribution is -2.05. The first kappa shape index (κ1) is 36.2. The molecule has 232 valence electrons. The van der Waals surface area contributed by atoms with Gasteiger partial charge in [-0.1, -0.05) is 96.8 Å². The fourth-order valence-electron chi connectivity index (χ4n) is 4.73. The first-order valence-corrected chi connectivity index (χ1v) is 16.3. The van der Waals surface area contributed by atoms with Crippen LogP contribution in [0.25, 0.3) is 0 Å². The van der Waals surface area contributed by atoms with Gasteiger partial charge in [0.15, 0.2) is 0 Å². The first-order chi connectivity index (χ1) is 19.7. The summed E-state index contributed by atoms with van der Waals surface area (Å²) >= 11 is 0. The summed E-state index contributed by atoms with van der Waals surface area (Å²) in [5.74, 6) is 1.50. The van der Waals surface area contributed by atoms with Crippen molar-refractivity contribution in [3.8, 4) is 11.5 Å². The first-order valence-electron chi connectivity index (χ1n) is 16.3. The summed E-state index contributed by atoms with van der Waals surface area (Å²) in [5.41, 5.74) is 0.778. The van der Waals surface area contributed by atoms with Crippen LogP contribution in [0.2, 0.25) is 0 Å². The molecule has 1 rings (SSSR count). The summed E-state index contributed by atoms with van der Waals surface area (Å²) in [6.45, 7) is 4.93. The number of hydrogen-bond donors (Lipinski definition) is 1. The molecule has 0 atom stereocenters. The highest BCUT2D eigenvalue weighted by molar-refractivity contribution is 5.69. The fraction of sp³-hybridized carbons (Fsp3) is 0.794. The highest BCUT2D eigenvalue weighted by Crippen LogP contribution is 2.25. The molecule has 0 radical (unpaired) electrons. The monoisotopic (exact) mass is 564 g/mol. The van der Waals surface area contributed by atoms with Gasteiger partial charge in [0.2, 0.25) is 0 Å². The smallest absolute Gasteiger partial charge is 0.305 e. The average Bonchev–Trinajstić information content (AvgIpc) is 2.97. The van der Waals surface area contributed by atoms with E-state index in [1.165, 1.54) is 51.4 Å². The number of unbranched alkanes of at least 4 members (excludes halogenated alkanes) is 16. The van der Waals surface area contributed by atoms with E-state index in [1.54, 1.807) is 7.11 Å². The Labute approximate surface area is 245 Å². The lowest BCUT2D eigenvalue weighted by Gasteiger charge is -2.13. The van der Waals surface area contributed by atoms with Crippen LogP contribution in [0, 0.1) is 0 Å². The number of aliphatic hydroxyl groups is 1. The van der Waals surface area contributed by atoms with Crippen LogP contribution < -0.4 is 9.47 Å². The van der Waals surface area contributed by atoms with E-state index in [9.17, 15) is 9.90 Å². The van der Waals surface area contributed by atoms with Crippen molar-refractivity contribution in [1.29, 1.82) is 0 Å². The van der Waals surface area contributed by atoms with Crippen molar-refractivity contribution >= 4 is 5.97 Å². The molecule has 40 heavy (non-hydrogen) atoms. The maximum absolute atomic E-state index is 11.8. The van der Waals surface area contributed by atoms with Gasteiger partial charge in [0.1, 0.15) is 11.5 Å². The number of benzene rings is 1. The Morgan fingerprint density at radius 2 is 1.18 bits per heavy atom. The standard InChI is InChI=1S/C34H60O6/c1-3-4-5-6-7-12-17-22-34(36)40-28-21-16-11-10-14-19-26-38-32-23-24-33(31(29-32)30-35)39-27-20-15-9-8-13-18-25-37-2/h23-24,29,35H,3-22,25-28,30H2,1-2H3. The molecule has 0 aliphatic rings. The van der Waals surface area contributed by atoms with Gasteiger partial charge >= 0.3 is 5.97 Å². The Kier molecular flexibility index (Phi) is 24.8. The molecule has 0 aromatic heterocycles. The number of rotatable bonds is 29. The van der Waals surface area contributed by atoms with Crippen molar-refractivity contribution < 1.29 is 28.8 Å². The van der Waals surface area contributed by atoms with Crippen LogP contribution in [-0.4, -0.2) is 44.6 Å². The van der Waals surface area contributed by atoms with E-state index in [2.05, 4.69) is 6.92 Å². The molecule has 0 unspecified atom stereocenters. The zero-order valence-corrected chi connectivity index (χ0v) is 25.9. The molecule has 0 aliphatic heterocycles. The minimum absolute atomic E-state index is 0.0327. The molecule has 0 fully saturated rings. The molecule has 6 nitrogen and oxygen atoms in total. The Morgan fingerprint density at radius 3 is 1.77 bits per heavy atom. The predicted octanol–water partition coefficient (Wildman–Crippen LogP) is 8.95. The van der Waals surface area contributed by atoms with Crippen molar-refractivity contribution in [2.45, 2.75) is 142 Å². The molecule has 0 heterocycles. The van der Waals surface area contributed by atoms with Crippen molar-refractivity contribution in [1.82, 2.24) is 0 Å². The maximum atomic E-state index is 11.8. The predicted molar refractivity (Wildman–Crippen MR) is 164 cm³/mol. The molecule has 0 spiro atoms. The van der Waals surface area contributed by atoms with Gasteiger partial charge in [0.25, 0.3) is 0 Å². The molecule has 6 heteroatoms. The lowest BCUT2D eigenvalue weighted by molar-refractivity contribution is -0.143. The van der Waals surface area contributed by atoms with E-state index in [0.29, 0.717) is 26.2 Å². The van der Waals surface area contributed by atoms with Gasteiger partial charge < -0.3 is 24.1 Å². The van der Waals surface area contributed by atoms with Gasteiger partial charge in [0.05, 0.1) is 26.4 Å². The number of carbonyl (C=O) groups excluding carboxylic acids is 1. The van der Waals surface area contributed by atoms with Crippen molar-refractivity contribution in [3.63, 3.8) is 0 Å². The molecule has 0 saturated carbocycles. The SMILES string of the molecule is CCCCCCCCCC(=O)OCCCCCCCCOc1ccc(OCCCCCCCCOC)c(CO)c1. The van der Waals surface area contributed by atoms with E-state index < -0.39 is 0 Å². The van der Waals surface area contributed by atoms with Crippen LogP contribution in [0.1, 0.15) is 141 Å². The summed E-state index contributed by atoms with van der Waals surface area (Å²) in [6.07, 6.45) is 22.6. The molecule has 0 bridgehead atoms. The van der Waals surface area contributed by atoms with Crippen LogP contribution in [0.3, 0.4) is 0 Å². The van der Waals surface area contributed by atoms with E-state index >= 15 is 0 Å². The summed E-state index contributed by atoms with van der Waals surface area (Å²) in [5, 5.41) is 9.76. The van der Waals surface area contributed by atoms with Crippen molar-refractivity contribution in [3.05, 3.63) is 23.8 Å². The molecular weight excluding hydrogens is 504 g/mol. The van der Waals surface area contributed by atoms with Gasteiger partial charge in [-0.25, -0.2) is 0 Å². The van der Waals surface area contributed by atoms with Crippen LogP contribution in [0.15, 0.2) is 18.2 Å². The highest BCUT2D eigenvalue weighted by Gasteiger charge is 2.06. The van der Waals surface area contributed by atoms with Gasteiger partial charge in [0, 0.05) is 25.7 Å². The summed E-state index contributed by atoms with van der Waals surface area (Å²) in [4.78, 5) is 11.8. The van der Waals surface area contributed by atoms with Crippen LogP contribution in [0.5, 0.6) is 11.5 Å². The van der Waals surface area contributed by atoms with Crippen LogP contribution >= 0.6 is 0 Å². The topological polar surface area (TPSA) is 74.2 Å². The Bertz CT molecular complexity index is 708. The Balaban J connectivity index is 1.99. The maximum Gasteiger partial charge on any atom is 0.305 e. The zero-order valence-electron chi connectivity index (χ0n) is 25.9. The molecule has 0 amide bonds. The summed E-state index contributed by atoms with van der Waals surface area (Å²) in [6, 6.07) is 5.73. The van der Waals surface area contributed by atoms with Crippen LogP contribution in [0.4, 0.5) is 0 Å². The summed E-state index contributed by atoms with van der Waals surface area (Å²) in [7, 11) is 1.75. The lowest BCUT2D eigenvalue weighted by atomic mass is 10.1. The van der Waals surface area contributed by atoms with E-state index in [4.69, 9.17) is 18.9 Å². The average molecular weight is 565 g/mol. The Hall–Kier alpha value is -1.79. The summed E-state index contributed by atoms with van der Waals surface area (Å²) < 4.78 is 22.3. The number of aliphatic hydroxyl groups excluding tert-OH is 1. The quantitative estimate of drug-likeness (QED) is 0.0773. The third-order valence-corrected chi connectivity index (χ3v) is 7.26. The minimum atomic E-state index is -0.0551. The molecule has 1 aromatic rings. The number of methoxy groups -OCH3 is 1. The third-order valence-electron chi connectivity index (χ3n) is 7.26. The fourth-order valence-corrected chi connectivity index (χ4v) is 4.73. The highest BCUT2D eigenvalue weighted by atomic mass is 16.5. The Morgan fingerprint density at radius 1 is 0.650 bits per heavy atom. The molecule has 0 aliphatic carbocycles. The van der Waals surface area contributed by atoms with E-state index in [0.717, 1.165) is 94.3 Å². The zero-order chi connectivity index (χ0) is 28.9. The second kappa shape index (κ2) is 27.4. The van der Waals surface area contributed by atoms with Gasteiger partial charge in [-0.15, -0.1) is 0 Å². The largest absolute Gasteiger partial charge is 0.494 e. The second-order valence-corrected chi connectivity index (χ2v) is 11.0. The van der Waals surface area contributed by atoms with E-state index in [1.807, 2.05) is 18.2 Å². The van der Waals surface area contributed by atoms with Crippen molar-refractivity contribution in [2.24, 2.45) is 0 Å². The molecular formula is C34H60O6. The number of carbonyl (C=O) groups is 1. The van der Waals surface area contributed by atoms with Gasteiger partial charge in [-0.3, -0.25) is 4.79 Å².